The highest BCUT2D eigenvalue weighted by Gasteiger charge is 2.20. The summed E-state index contributed by atoms with van der Waals surface area (Å²) in [5.74, 6) is -1.73. The Morgan fingerprint density at radius 1 is 1.29 bits per heavy atom. The van der Waals surface area contributed by atoms with Crippen molar-refractivity contribution in [2.45, 2.75) is 32.3 Å². The molecule has 96 valence electrons. The Labute approximate surface area is 101 Å². The summed E-state index contributed by atoms with van der Waals surface area (Å²) in [6.45, 7) is 5.24. The molecule has 0 spiro atoms. The molecule has 0 aliphatic rings. The van der Waals surface area contributed by atoms with Crippen molar-refractivity contribution < 1.29 is 13.9 Å². The molecule has 0 aliphatic carbocycles. The van der Waals surface area contributed by atoms with Crippen LogP contribution < -0.4 is 5.32 Å². The number of nitrogens with one attached hydrogen (secondary N) is 1. The van der Waals surface area contributed by atoms with E-state index >= 15 is 0 Å². The van der Waals surface area contributed by atoms with E-state index in [1.54, 1.807) is 6.92 Å². The highest BCUT2D eigenvalue weighted by atomic mass is 19.2. The van der Waals surface area contributed by atoms with Gasteiger partial charge in [-0.3, -0.25) is 0 Å². The third-order valence-electron chi connectivity index (χ3n) is 2.66. The molecule has 2 nitrogen and oxygen atoms in total. The van der Waals surface area contributed by atoms with E-state index in [2.05, 4.69) is 5.32 Å². The van der Waals surface area contributed by atoms with Crippen molar-refractivity contribution in [3.63, 3.8) is 0 Å². The summed E-state index contributed by atoms with van der Waals surface area (Å²) in [5, 5.41) is 13.2. The zero-order valence-corrected chi connectivity index (χ0v) is 10.3. The van der Waals surface area contributed by atoms with Crippen LogP contribution >= 0.6 is 0 Å². The molecule has 0 fully saturated rings. The van der Waals surface area contributed by atoms with Crippen molar-refractivity contribution in [2.75, 3.05) is 13.1 Å². The molecule has 1 atom stereocenters. The summed E-state index contributed by atoms with van der Waals surface area (Å²) in [7, 11) is 0. The average Bonchev–Trinajstić information content (AvgIpc) is 2.23. The molecular formula is C13H19F2NO. The van der Waals surface area contributed by atoms with Crippen LogP contribution in [-0.2, 0) is 6.42 Å². The fourth-order valence-corrected chi connectivity index (χ4v) is 1.71. The number of rotatable bonds is 6. The predicted octanol–water partition coefficient (Wildman–Crippen LogP) is 2.26. The lowest BCUT2D eigenvalue weighted by atomic mass is 9.93. The van der Waals surface area contributed by atoms with E-state index in [1.807, 2.05) is 6.92 Å². The lowest BCUT2D eigenvalue weighted by Gasteiger charge is -2.23. The topological polar surface area (TPSA) is 32.3 Å². The van der Waals surface area contributed by atoms with Crippen LogP contribution in [0.4, 0.5) is 8.78 Å². The van der Waals surface area contributed by atoms with Crippen LogP contribution in [0.2, 0.25) is 0 Å². The van der Waals surface area contributed by atoms with Gasteiger partial charge in [-0.05, 0) is 44.1 Å². The van der Waals surface area contributed by atoms with Crippen LogP contribution in [0.25, 0.3) is 0 Å². The van der Waals surface area contributed by atoms with Gasteiger partial charge in [0.25, 0.3) is 0 Å². The van der Waals surface area contributed by atoms with Crippen LogP contribution in [0, 0.1) is 11.6 Å². The van der Waals surface area contributed by atoms with Crippen molar-refractivity contribution >= 4 is 0 Å². The minimum Gasteiger partial charge on any atom is -0.390 e. The summed E-state index contributed by atoms with van der Waals surface area (Å²) in [4.78, 5) is 0. The molecule has 2 N–H and O–H groups in total. The lowest BCUT2D eigenvalue weighted by molar-refractivity contribution is 0.0516. The molecule has 4 heteroatoms. The molecule has 17 heavy (non-hydrogen) atoms. The Hall–Kier alpha value is -1.00. The zero-order valence-electron chi connectivity index (χ0n) is 10.3. The van der Waals surface area contributed by atoms with Gasteiger partial charge < -0.3 is 10.4 Å². The van der Waals surface area contributed by atoms with E-state index in [0.717, 1.165) is 18.7 Å². The van der Waals surface area contributed by atoms with Gasteiger partial charge in [-0.15, -0.1) is 0 Å². The van der Waals surface area contributed by atoms with Crippen LogP contribution in [0.15, 0.2) is 18.2 Å². The van der Waals surface area contributed by atoms with Crippen LogP contribution in [0.5, 0.6) is 0 Å². The van der Waals surface area contributed by atoms with Gasteiger partial charge in [-0.25, -0.2) is 8.78 Å². The van der Waals surface area contributed by atoms with Gasteiger partial charge in [0.2, 0.25) is 0 Å². The fraction of sp³-hybridized carbons (Fsp3) is 0.538. The standard InChI is InChI=1S/C13H19F2NO/c1-3-16-7-6-13(2,17)9-10-4-5-11(14)12(15)8-10/h4-5,8,16-17H,3,6-7,9H2,1-2H3. The summed E-state index contributed by atoms with van der Waals surface area (Å²) in [5.41, 5.74) is -0.308. The van der Waals surface area contributed by atoms with Gasteiger partial charge in [-0.2, -0.15) is 0 Å². The first-order valence-electron chi connectivity index (χ1n) is 5.81. The summed E-state index contributed by atoms with van der Waals surface area (Å²) in [6.07, 6.45) is 0.884. The monoisotopic (exact) mass is 243 g/mol. The SMILES string of the molecule is CCNCCC(C)(O)Cc1ccc(F)c(F)c1. The quantitative estimate of drug-likeness (QED) is 0.751. The Kier molecular flexibility index (Phi) is 5.02. The van der Waals surface area contributed by atoms with Crippen LogP contribution in [0.3, 0.4) is 0 Å². The first-order chi connectivity index (χ1) is 7.94. The number of hydrogen-bond donors (Lipinski definition) is 2. The van der Waals surface area contributed by atoms with Gasteiger partial charge >= 0.3 is 0 Å². The maximum Gasteiger partial charge on any atom is 0.159 e. The van der Waals surface area contributed by atoms with E-state index in [1.165, 1.54) is 6.07 Å². The zero-order chi connectivity index (χ0) is 12.9. The fourth-order valence-electron chi connectivity index (χ4n) is 1.71. The predicted molar refractivity (Wildman–Crippen MR) is 63.8 cm³/mol. The maximum atomic E-state index is 13.0. The van der Waals surface area contributed by atoms with Gasteiger partial charge in [0.05, 0.1) is 5.60 Å². The van der Waals surface area contributed by atoms with E-state index < -0.39 is 17.2 Å². The smallest absolute Gasteiger partial charge is 0.159 e. The minimum atomic E-state index is -0.910. The van der Waals surface area contributed by atoms with Crippen molar-refractivity contribution in [1.29, 1.82) is 0 Å². The molecule has 1 aromatic carbocycles. The molecule has 0 heterocycles. The molecule has 0 radical (unpaired) electrons. The normalized spacial score (nSPS) is 14.6. The number of halogens is 2. The second-order valence-corrected chi connectivity index (χ2v) is 4.53. The Bertz CT molecular complexity index is 366. The molecule has 0 aromatic heterocycles. The third kappa shape index (κ3) is 4.79. The van der Waals surface area contributed by atoms with Crippen molar-refractivity contribution in [1.82, 2.24) is 5.32 Å². The van der Waals surface area contributed by atoms with E-state index in [9.17, 15) is 13.9 Å². The Morgan fingerprint density at radius 3 is 2.59 bits per heavy atom. The largest absolute Gasteiger partial charge is 0.390 e. The number of hydrogen-bond acceptors (Lipinski definition) is 2. The molecule has 1 unspecified atom stereocenters. The minimum absolute atomic E-state index is 0.315. The molecule has 0 saturated carbocycles. The average molecular weight is 243 g/mol. The first kappa shape index (κ1) is 14.1. The number of benzene rings is 1. The van der Waals surface area contributed by atoms with E-state index in [-0.39, 0.29) is 0 Å². The molecule has 0 saturated heterocycles. The van der Waals surface area contributed by atoms with Crippen LogP contribution in [0.1, 0.15) is 25.8 Å². The van der Waals surface area contributed by atoms with Crippen LogP contribution in [-0.4, -0.2) is 23.8 Å². The first-order valence-corrected chi connectivity index (χ1v) is 5.81. The summed E-state index contributed by atoms with van der Waals surface area (Å²) < 4.78 is 25.7. The second-order valence-electron chi connectivity index (χ2n) is 4.53. The Morgan fingerprint density at radius 2 is 2.00 bits per heavy atom. The van der Waals surface area contributed by atoms with Crippen molar-refractivity contribution in [2.24, 2.45) is 0 Å². The maximum absolute atomic E-state index is 13.0. The van der Waals surface area contributed by atoms with Gasteiger partial charge in [-0.1, -0.05) is 13.0 Å². The molecule has 1 rings (SSSR count). The molecule has 0 bridgehead atoms. The second kappa shape index (κ2) is 6.07. The summed E-state index contributed by atoms with van der Waals surface area (Å²) >= 11 is 0. The highest BCUT2D eigenvalue weighted by Crippen LogP contribution is 2.18. The molecule has 1 aromatic rings. The van der Waals surface area contributed by atoms with E-state index in [0.29, 0.717) is 24.9 Å². The van der Waals surface area contributed by atoms with Gasteiger partial charge in [0, 0.05) is 6.42 Å². The van der Waals surface area contributed by atoms with Gasteiger partial charge in [0.1, 0.15) is 0 Å². The molecule has 0 aliphatic heterocycles. The number of aliphatic hydroxyl groups is 1. The van der Waals surface area contributed by atoms with Crippen molar-refractivity contribution in [3.8, 4) is 0 Å². The summed E-state index contributed by atoms with van der Waals surface area (Å²) in [6, 6.07) is 3.72. The highest BCUT2D eigenvalue weighted by molar-refractivity contribution is 5.19. The Balaban J connectivity index is 2.59. The third-order valence-corrected chi connectivity index (χ3v) is 2.66. The lowest BCUT2D eigenvalue weighted by Crippen LogP contribution is -2.32. The van der Waals surface area contributed by atoms with Gasteiger partial charge in [0.15, 0.2) is 11.6 Å². The van der Waals surface area contributed by atoms with Crippen molar-refractivity contribution in [3.05, 3.63) is 35.4 Å². The van der Waals surface area contributed by atoms with E-state index in [4.69, 9.17) is 0 Å². The molecule has 0 amide bonds. The molecular weight excluding hydrogens is 224 g/mol.